The number of thioether (sulfide) groups is 1. The van der Waals surface area contributed by atoms with E-state index < -0.39 is 0 Å². The van der Waals surface area contributed by atoms with E-state index in [0.29, 0.717) is 5.75 Å². The van der Waals surface area contributed by atoms with E-state index in [4.69, 9.17) is 0 Å². The third-order valence-corrected chi connectivity index (χ3v) is 6.54. The van der Waals surface area contributed by atoms with Gasteiger partial charge in [-0.1, -0.05) is 78.0 Å². The van der Waals surface area contributed by atoms with Crippen molar-refractivity contribution in [2.24, 2.45) is 0 Å². The van der Waals surface area contributed by atoms with Gasteiger partial charge in [-0.2, -0.15) is 0 Å². The van der Waals surface area contributed by atoms with Crippen LogP contribution in [0.25, 0.3) is 16.9 Å². The maximum Gasteiger partial charge on any atom is 0.237 e. The Morgan fingerprint density at radius 1 is 0.968 bits per heavy atom. The molecule has 5 rings (SSSR count). The average Bonchev–Trinajstić information content (AvgIpc) is 3.43. The first-order chi connectivity index (χ1) is 15.2. The van der Waals surface area contributed by atoms with Gasteiger partial charge in [0.05, 0.1) is 17.6 Å². The lowest BCUT2D eigenvalue weighted by atomic mass is 10.1. The lowest BCUT2D eigenvalue weighted by molar-refractivity contribution is -0.116. The number of aryl methyl sites for hydroxylation is 1. The highest BCUT2D eigenvalue weighted by Crippen LogP contribution is 2.32. The molecule has 0 saturated carbocycles. The summed E-state index contributed by atoms with van der Waals surface area (Å²) >= 11 is 1.49. The summed E-state index contributed by atoms with van der Waals surface area (Å²) in [4.78, 5) is 19.6. The Kier molecular flexibility index (Phi) is 5.35. The Labute approximate surface area is 186 Å². The number of carbonyl (C=O) groups is 1. The van der Waals surface area contributed by atoms with Crippen LogP contribution in [-0.2, 0) is 11.2 Å². The fourth-order valence-corrected chi connectivity index (χ4v) is 4.86. The van der Waals surface area contributed by atoms with Crippen LogP contribution >= 0.6 is 11.8 Å². The molecule has 5 heteroatoms. The summed E-state index contributed by atoms with van der Waals surface area (Å²) in [6.45, 7) is 2.83. The minimum Gasteiger partial charge on any atom is -0.311 e. The molecule has 0 atom stereocenters. The van der Waals surface area contributed by atoms with Gasteiger partial charge in [-0.25, -0.2) is 4.98 Å². The van der Waals surface area contributed by atoms with E-state index in [0.717, 1.165) is 40.8 Å². The number of nitrogens with zero attached hydrogens (tertiary/aromatic N) is 3. The number of amides is 1. The lowest BCUT2D eigenvalue weighted by Crippen LogP contribution is -2.30. The van der Waals surface area contributed by atoms with Crippen LogP contribution in [0.4, 0.5) is 5.69 Å². The summed E-state index contributed by atoms with van der Waals surface area (Å²) in [7, 11) is 0. The molecule has 0 unspecified atom stereocenters. The Balaban J connectivity index is 1.44. The molecule has 0 radical (unpaired) electrons. The molecule has 3 aromatic carbocycles. The molecule has 1 aromatic heterocycles. The zero-order chi connectivity index (χ0) is 21.2. The number of anilines is 1. The van der Waals surface area contributed by atoms with Gasteiger partial charge in [-0.05, 0) is 37.1 Å². The Bertz CT molecular complexity index is 1220. The molecule has 0 N–H and O–H groups in total. The van der Waals surface area contributed by atoms with Crippen LogP contribution in [0.2, 0.25) is 0 Å². The van der Waals surface area contributed by atoms with Crippen molar-refractivity contribution in [2.45, 2.75) is 18.5 Å². The van der Waals surface area contributed by atoms with E-state index in [9.17, 15) is 4.79 Å². The summed E-state index contributed by atoms with van der Waals surface area (Å²) in [5, 5.41) is 0.823. The van der Waals surface area contributed by atoms with Crippen molar-refractivity contribution in [1.29, 1.82) is 0 Å². The SMILES string of the molecule is Cc1ccc(-n2c(-c3ccccc3)cnc2SCC(=O)N2CCc3ccccc32)cc1. The summed E-state index contributed by atoms with van der Waals surface area (Å²) in [5.41, 5.74) is 6.66. The molecule has 1 aliphatic heterocycles. The molecular formula is C26H23N3OS. The van der Waals surface area contributed by atoms with Crippen molar-refractivity contribution in [3.8, 4) is 16.9 Å². The van der Waals surface area contributed by atoms with Gasteiger partial charge in [-0.3, -0.25) is 9.36 Å². The molecule has 154 valence electrons. The Morgan fingerprint density at radius 3 is 2.52 bits per heavy atom. The predicted octanol–water partition coefficient (Wildman–Crippen LogP) is 5.53. The van der Waals surface area contributed by atoms with Crippen LogP contribution in [0.15, 0.2) is 90.2 Å². The number of benzene rings is 3. The van der Waals surface area contributed by atoms with Crippen molar-refractivity contribution in [2.75, 3.05) is 17.2 Å². The summed E-state index contributed by atoms with van der Waals surface area (Å²) in [5.74, 6) is 0.473. The number of para-hydroxylation sites is 1. The molecule has 31 heavy (non-hydrogen) atoms. The first-order valence-electron chi connectivity index (χ1n) is 10.4. The average molecular weight is 426 g/mol. The third kappa shape index (κ3) is 3.89. The fraction of sp³-hybridized carbons (Fsp3) is 0.154. The zero-order valence-corrected chi connectivity index (χ0v) is 18.2. The van der Waals surface area contributed by atoms with Crippen LogP contribution in [-0.4, -0.2) is 27.8 Å². The van der Waals surface area contributed by atoms with Crippen LogP contribution in [0.5, 0.6) is 0 Å². The zero-order valence-electron chi connectivity index (χ0n) is 17.4. The van der Waals surface area contributed by atoms with Crippen molar-refractivity contribution in [3.63, 3.8) is 0 Å². The smallest absolute Gasteiger partial charge is 0.237 e. The Morgan fingerprint density at radius 2 is 1.71 bits per heavy atom. The topological polar surface area (TPSA) is 38.1 Å². The van der Waals surface area contributed by atoms with Crippen molar-refractivity contribution in [1.82, 2.24) is 9.55 Å². The quantitative estimate of drug-likeness (QED) is 0.395. The van der Waals surface area contributed by atoms with E-state index in [2.05, 4.69) is 58.9 Å². The molecule has 0 bridgehead atoms. The number of aromatic nitrogens is 2. The first-order valence-corrected chi connectivity index (χ1v) is 11.4. The van der Waals surface area contributed by atoms with E-state index >= 15 is 0 Å². The van der Waals surface area contributed by atoms with Gasteiger partial charge in [-0.15, -0.1) is 0 Å². The van der Waals surface area contributed by atoms with Gasteiger partial charge in [0.15, 0.2) is 5.16 Å². The highest BCUT2D eigenvalue weighted by Gasteiger charge is 2.25. The van der Waals surface area contributed by atoms with Crippen molar-refractivity contribution < 1.29 is 4.79 Å². The summed E-state index contributed by atoms with van der Waals surface area (Å²) in [6.07, 6.45) is 2.82. The minimum absolute atomic E-state index is 0.120. The predicted molar refractivity (Wildman–Crippen MR) is 127 cm³/mol. The molecule has 0 saturated heterocycles. The number of carbonyl (C=O) groups excluding carboxylic acids is 1. The van der Waals surface area contributed by atoms with Crippen LogP contribution in [0.3, 0.4) is 0 Å². The molecular weight excluding hydrogens is 402 g/mol. The number of rotatable bonds is 5. The van der Waals surface area contributed by atoms with E-state index in [1.807, 2.05) is 47.5 Å². The van der Waals surface area contributed by atoms with Gasteiger partial charge in [0.25, 0.3) is 0 Å². The fourth-order valence-electron chi connectivity index (χ4n) is 3.99. The Hall–Kier alpha value is -3.31. The highest BCUT2D eigenvalue weighted by atomic mass is 32.2. The van der Waals surface area contributed by atoms with Gasteiger partial charge in [0, 0.05) is 23.5 Å². The molecule has 4 nitrogen and oxygen atoms in total. The standard InChI is InChI=1S/C26H23N3OS/c1-19-11-13-22(14-12-19)29-24(20-7-3-2-4-8-20)17-27-26(29)31-18-25(30)28-16-15-21-9-5-6-10-23(21)28/h2-14,17H,15-16,18H2,1H3. The van der Waals surface area contributed by atoms with Crippen LogP contribution < -0.4 is 4.90 Å². The maximum atomic E-state index is 13.0. The lowest BCUT2D eigenvalue weighted by Gasteiger charge is -2.17. The number of hydrogen-bond acceptors (Lipinski definition) is 3. The molecule has 1 amide bonds. The van der Waals surface area contributed by atoms with Crippen molar-refractivity contribution >= 4 is 23.4 Å². The third-order valence-electron chi connectivity index (χ3n) is 5.60. The highest BCUT2D eigenvalue weighted by molar-refractivity contribution is 7.99. The normalized spacial score (nSPS) is 12.7. The number of fused-ring (bicyclic) bond motifs is 1. The van der Waals surface area contributed by atoms with E-state index in [-0.39, 0.29) is 5.91 Å². The largest absolute Gasteiger partial charge is 0.311 e. The minimum atomic E-state index is 0.120. The molecule has 0 fully saturated rings. The second-order valence-corrected chi connectivity index (χ2v) is 8.62. The van der Waals surface area contributed by atoms with E-state index in [1.54, 1.807) is 0 Å². The van der Waals surface area contributed by atoms with Crippen molar-refractivity contribution in [3.05, 3.63) is 96.2 Å². The second-order valence-electron chi connectivity index (χ2n) is 7.68. The first kappa shape index (κ1) is 19.6. The van der Waals surface area contributed by atoms with Gasteiger partial charge >= 0.3 is 0 Å². The van der Waals surface area contributed by atoms with Gasteiger partial charge in [0.2, 0.25) is 5.91 Å². The molecule has 4 aromatic rings. The van der Waals surface area contributed by atoms with Gasteiger partial charge in [0.1, 0.15) is 0 Å². The summed E-state index contributed by atoms with van der Waals surface area (Å²) in [6, 6.07) is 26.8. The molecule has 2 heterocycles. The second kappa shape index (κ2) is 8.44. The molecule has 0 spiro atoms. The molecule has 0 aliphatic carbocycles. The number of hydrogen-bond donors (Lipinski definition) is 0. The van der Waals surface area contributed by atoms with Crippen LogP contribution in [0.1, 0.15) is 11.1 Å². The van der Waals surface area contributed by atoms with Crippen LogP contribution in [0, 0.1) is 6.92 Å². The number of imidazole rings is 1. The monoisotopic (exact) mass is 425 g/mol. The van der Waals surface area contributed by atoms with Gasteiger partial charge < -0.3 is 4.90 Å². The maximum absolute atomic E-state index is 13.0. The molecule has 1 aliphatic rings. The summed E-state index contributed by atoms with van der Waals surface area (Å²) < 4.78 is 2.14. The van der Waals surface area contributed by atoms with E-state index in [1.165, 1.54) is 22.9 Å².